The molecule has 4 nitrogen and oxygen atoms in total. The molecule has 0 aromatic rings. The summed E-state index contributed by atoms with van der Waals surface area (Å²) in [4.78, 5) is 13.6. The number of carbonyl (C=O) groups is 1. The number of rotatable bonds is 0. The normalized spacial score (nSPS) is 36.6. The summed E-state index contributed by atoms with van der Waals surface area (Å²) in [5.74, 6) is 1.04. The highest BCUT2D eigenvalue weighted by Crippen LogP contribution is 2.53. The predicted molar refractivity (Wildman–Crippen MR) is 58.5 cm³/mol. The summed E-state index contributed by atoms with van der Waals surface area (Å²) in [5, 5.41) is 9.01. The lowest BCUT2D eigenvalue weighted by atomic mass is 10.1. The van der Waals surface area contributed by atoms with Crippen LogP contribution in [0.4, 0.5) is 4.79 Å². The second-order valence-corrected chi connectivity index (χ2v) is 5.78. The van der Waals surface area contributed by atoms with Gasteiger partial charge >= 0.3 is 6.09 Å². The second kappa shape index (κ2) is 3.38. The third-order valence-electron chi connectivity index (χ3n) is 3.42. The van der Waals surface area contributed by atoms with Gasteiger partial charge in [0.25, 0.3) is 0 Å². The molecule has 0 radical (unpaired) electrons. The van der Waals surface area contributed by atoms with Crippen molar-refractivity contribution in [1.82, 2.24) is 4.90 Å². The molecular formula is C12H18N2O2. The van der Waals surface area contributed by atoms with Crippen LogP contribution in [0, 0.1) is 23.2 Å². The Morgan fingerprint density at radius 2 is 2.12 bits per heavy atom. The van der Waals surface area contributed by atoms with Crippen LogP contribution in [-0.2, 0) is 4.74 Å². The van der Waals surface area contributed by atoms with Gasteiger partial charge in [0.05, 0.1) is 6.07 Å². The molecular weight excluding hydrogens is 204 g/mol. The van der Waals surface area contributed by atoms with E-state index in [9.17, 15) is 4.79 Å². The van der Waals surface area contributed by atoms with Crippen molar-refractivity contribution in [3.8, 4) is 6.07 Å². The average molecular weight is 222 g/mol. The second-order valence-electron chi connectivity index (χ2n) is 5.78. The molecule has 1 aliphatic carbocycles. The highest BCUT2D eigenvalue weighted by molar-refractivity contribution is 5.71. The van der Waals surface area contributed by atoms with Crippen molar-refractivity contribution in [2.24, 2.45) is 11.8 Å². The average Bonchev–Trinajstić information content (AvgIpc) is 2.62. The number of ether oxygens (including phenoxy) is 1. The summed E-state index contributed by atoms with van der Waals surface area (Å²) in [6.07, 6.45) is 0.470. The van der Waals surface area contributed by atoms with Crippen molar-refractivity contribution in [3.63, 3.8) is 0 Å². The number of hydrogen-bond acceptors (Lipinski definition) is 3. The Kier molecular flexibility index (Phi) is 2.37. The first-order valence-electron chi connectivity index (χ1n) is 5.76. The predicted octanol–water partition coefficient (Wildman–Crippen LogP) is 2.15. The highest BCUT2D eigenvalue weighted by atomic mass is 16.6. The van der Waals surface area contributed by atoms with Crippen LogP contribution in [-0.4, -0.2) is 28.7 Å². The van der Waals surface area contributed by atoms with Crippen molar-refractivity contribution in [3.05, 3.63) is 0 Å². The number of hydrogen-bond donors (Lipinski definition) is 0. The van der Waals surface area contributed by atoms with Gasteiger partial charge in [-0.15, -0.1) is 0 Å². The first kappa shape index (κ1) is 11.3. The summed E-state index contributed by atoms with van der Waals surface area (Å²) in [7, 11) is 0. The maximum atomic E-state index is 12.0. The van der Waals surface area contributed by atoms with Crippen LogP contribution < -0.4 is 0 Å². The fourth-order valence-corrected chi connectivity index (χ4v) is 2.59. The Balaban J connectivity index is 2.07. The van der Waals surface area contributed by atoms with E-state index in [1.54, 1.807) is 4.90 Å². The van der Waals surface area contributed by atoms with Crippen LogP contribution in [0.15, 0.2) is 0 Å². The summed E-state index contributed by atoms with van der Waals surface area (Å²) in [6.45, 7) is 7.66. The van der Waals surface area contributed by atoms with Crippen LogP contribution in [0.5, 0.6) is 0 Å². The molecule has 16 heavy (non-hydrogen) atoms. The number of nitrogens with zero attached hydrogens (tertiary/aromatic N) is 2. The van der Waals surface area contributed by atoms with E-state index in [-0.39, 0.29) is 18.2 Å². The van der Waals surface area contributed by atoms with E-state index < -0.39 is 5.60 Å². The molecule has 1 heterocycles. The minimum absolute atomic E-state index is 0.236. The fourth-order valence-electron chi connectivity index (χ4n) is 2.59. The third kappa shape index (κ3) is 1.75. The molecule has 4 atom stereocenters. The molecule has 1 aliphatic heterocycles. The molecule has 1 saturated heterocycles. The number of amides is 1. The molecule has 0 aromatic carbocycles. The van der Waals surface area contributed by atoms with E-state index in [2.05, 4.69) is 13.0 Å². The summed E-state index contributed by atoms with van der Waals surface area (Å²) >= 11 is 0. The molecule has 1 saturated carbocycles. The van der Waals surface area contributed by atoms with E-state index >= 15 is 0 Å². The smallest absolute Gasteiger partial charge is 0.411 e. The van der Waals surface area contributed by atoms with E-state index in [1.165, 1.54) is 0 Å². The molecule has 2 aliphatic rings. The summed E-state index contributed by atoms with van der Waals surface area (Å²) < 4.78 is 5.34. The molecule has 0 N–H and O–H groups in total. The molecule has 0 bridgehead atoms. The zero-order valence-electron chi connectivity index (χ0n) is 10.2. The van der Waals surface area contributed by atoms with Crippen LogP contribution >= 0.6 is 0 Å². The maximum Gasteiger partial charge on any atom is 0.411 e. The van der Waals surface area contributed by atoms with Gasteiger partial charge in [-0.2, -0.15) is 5.26 Å². The van der Waals surface area contributed by atoms with Gasteiger partial charge < -0.3 is 4.74 Å². The summed E-state index contributed by atoms with van der Waals surface area (Å²) in [6, 6.07) is 2.13. The zero-order valence-corrected chi connectivity index (χ0v) is 10.2. The number of nitriles is 1. The number of carbonyl (C=O) groups excluding carboxylic acids is 1. The van der Waals surface area contributed by atoms with Gasteiger partial charge in [-0.1, -0.05) is 6.92 Å². The number of likely N-dealkylation sites (tertiary alicyclic amines) is 1. The Hall–Kier alpha value is -1.24. The van der Waals surface area contributed by atoms with Gasteiger partial charge in [0, 0.05) is 6.04 Å². The van der Waals surface area contributed by atoms with E-state index in [0.717, 1.165) is 6.42 Å². The first-order valence-corrected chi connectivity index (χ1v) is 5.76. The standard InChI is InChI=1S/C12H18N2O2/c1-7-9-5-8(6-13)14(10(7)9)11(15)16-12(2,3)4/h7-10H,5H2,1-4H3/t7?,8-,9?,10?/m1/s1. The van der Waals surface area contributed by atoms with Gasteiger partial charge in [-0.05, 0) is 39.0 Å². The van der Waals surface area contributed by atoms with Crippen LogP contribution in [0.3, 0.4) is 0 Å². The minimum atomic E-state index is -0.493. The Morgan fingerprint density at radius 1 is 1.50 bits per heavy atom. The Labute approximate surface area is 96.2 Å². The Morgan fingerprint density at radius 3 is 2.62 bits per heavy atom. The lowest BCUT2D eigenvalue weighted by Crippen LogP contribution is -2.42. The molecule has 3 unspecified atom stereocenters. The van der Waals surface area contributed by atoms with Gasteiger partial charge in [-0.3, -0.25) is 4.90 Å². The minimum Gasteiger partial charge on any atom is -0.444 e. The van der Waals surface area contributed by atoms with Crippen molar-refractivity contribution in [1.29, 1.82) is 5.26 Å². The zero-order chi connectivity index (χ0) is 12.1. The molecule has 0 spiro atoms. The van der Waals surface area contributed by atoms with Crippen molar-refractivity contribution < 1.29 is 9.53 Å². The molecule has 2 rings (SSSR count). The van der Waals surface area contributed by atoms with Crippen LogP contribution in [0.1, 0.15) is 34.1 Å². The van der Waals surface area contributed by atoms with Gasteiger partial charge in [0.15, 0.2) is 0 Å². The maximum absolute atomic E-state index is 12.0. The SMILES string of the molecule is CC1C2C[C@H](C#N)N(C(=O)OC(C)(C)C)C12. The third-order valence-corrected chi connectivity index (χ3v) is 3.42. The van der Waals surface area contributed by atoms with Gasteiger partial charge in [0.1, 0.15) is 11.6 Å². The van der Waals surface area contributed by atoms with Crippen LogP contribution in [0.2, 0.25) is 0 Å². The summed E-state index contributed by atoms with van der Waals surface area (Å²) in [5.41, 5.74) is -0.493. The lowest BCUT2D eigenvalue weighted by Gasteiger charge is -2.28. The van der Waals surface area contributed by atoms with E-state index in [4.69, 9.17) is 10.00 Å². The molecule has 0 aromatic heterocycles. The number of piperidine rings is 1. The molecule has 2 fully saturated rings. The van der Waals surface area contributed by atoms with Crippen molar-refractivity contribution >= 4 is 6.09 Å². The van der Waals surface area contributed by atoms with Crippen molar-refractivity contribution in [2.75, 3.05) is 0 Å². The number of fused-ring (bicyclic) bond motifs is 1. The lowest BCUT2D eigenvalue weighted by molar-refractivity contribution is 0.0210. The van der Waals surface area contributed by atoms with Gasteiger partial charge in [0.2, 0.25) is 0 Å². The largest absolute Gasteiger partial charge is 0.444 e. The highest BCUT2D eigenvalue weighted by Gasteiger charge is 2.61. The topological polar surface area (TPSA) is 53.3 Å². The van der Waals surface area contributed by atoms with Gasteiger partial charge in [-0.25, -0.2) is 4.79 Å². The van der Waals surface area contributed by atoms with E-state index in [1.807, 2.05) is 20.8 Å². The molecule has 88 valence electrons. The monoisotopic (exact) mass is 222 g/mol. The fraction of sp³-hybridized carbons (Fsp3) is 0.833. The first-order chi connectivity index (χ1) is 7.35. The Bertz CT molecular complexity index is 353. The van der Waals surface area contributed by atoms with Crippen molar-refractivity contribution in [2.45, 2.75) is 51.8 Å². The van der Waals surface area contributed by atoms with E-state index in [0.29, 0.717) is 11.8 Å². The quantitative estimate of drug-likeness (QED) is 0.631. The van der Waals surface area contributed by atoms with Crippen LogP contribution in [0.25, 0.3) is 0 Å². The molecule has 1 amide bonds. The molecule has 4 heteroatoms.